The van der Waals surface area contributed by atoms with Crippen molar-refractivity contribution in [3.63, 3.8) is 0 Å². The third-order valence-corrected chi connectivity index (χ3v) is 4.24. The number of hydrogen-bond donors (Lipinski definition) is 1. The van der Waals surface area contributed by atoms with E-state index in [4.69, 9.17) is 28.9 Å². The number of hydrogen-bond acceptors (Lipinski definition) is 5. The highest BCUT2D eigenvalue weighted by atomic mass is 35.5. The Morgan fingerprint density at radius 1 is 1.23 bits per heavy atom. The fourth-order valence-corrected chi connectivity index (χ4v) is 2.76. The van der Waals surface area contributed by atoms with Gasteiger partial charge in [0.1, 0.15) is 0 Å². The van der Waals surface area contributed by atoms with Crippen LogP contribution in [0.15, 0.2) is 57.8 Å². The average molecular weight is 390 g/mol. The van der Waals surface area contributed by atoms with Gasteiger partial charge in [0.05, 0.1) is 27.7 Å². The second-order valence-electron chi connectivity index (χ2n) is 5.49. The molecular formula is C17H13Cl2N5O2. The van der Waals surface area contributed by atoms with Crippen molar-refractivity contribution in [3.8, 4) is 0 Å². The maximum Gasteiger partial charge on any atom is 0.280 e. The number of hydrazone groups is 1. The van der Waals surface area contributed by atoms with Crippen LogP contribution in [0.5, 0.6) is 0 Å². The van der Waals surface area contributed by atoms with Crippen LogP contribution in [0.3, 0.4) is 0 Å². The minimum atomic E-state index is -0.925. The molecule has 1 aliphatic heterocycles. The Morgan fingerprint density at radius 3 is 2.69 bits per heavy atom. The van der Waals surface area contributed by atoms with Gasteiger partial charge in [0, 0.05) is 5.02 Å². The van der Waals surface area contributed by atoms with Gasteiger partial charge in [0.2, 0.25) is 0 Å². The van der Waals surface area contributed by atoms with Crippen LogP contribution in [0.4, 0.5) is 11.4 Å². The summed E-state index contributed by atoms with van der Waals surface area (Å²) in [4.78, 5) is 24.1. The van der Waals surface area contributed by atoms with E-state index in [1.165, 1.54) is 6.07 Å². The molecule has 0 aliphatic carbocycles. The van der Waals surface area contributed by atoms with Crippen molar-refractivity contribution in [2.45, 2.75) is 13.0 Å². The number of nitrogens with two attached hydrogens (primary N) is 1. The third-order valence-electron chi connectivity index (χ3n) is 3.68. The molecule has 2 aromatic rings. The zero-order valence-corrected chi connectivity index (χ0v) is 15.1. The Balaban J connectivity index is 1.90. The molecule has 7 nitrogen and oxygen atoms in total. The fraction of sp³-hybridized carbons (Fsp3) is 0.118. The molecule has 0 aromatic heterocycles. The molecule has 9 heteroatoms. The summed E-state index contributed by atoms with van der Waals surface area (Å²) in [7, 11) is 0. The number of nitrogens with zero attached hydrogens (tertiary/aromatic N) is 4. The van der Waals surface area contributed by atoms with E-state index in [1.54, 1.807) is 43.3 Å². The smallest absolute Gasteiger partial charge is 0.280 e. The largest absolute Gasteiger partial charge is 0.366 e. The summed E-state index contributed by atoms with van der Waals surface area (Å²) < 4.78 is 0. The zero-order chi connectivity index (χ0) is 18.8. The summed E-state index contributed by atoms with van der Waals surface area (Å²) in [6.45, 7) is 1.65. The lowest BCUT2D eigenvalue weighted by Gasteiger charge is -2.14. The summed E-state index contributed by atoms with van der Waals surface area (Å²) in [5.74, 6) is -1.05. The molecule has 0 saturated carbocycles. The maximum absolute atomic E-state index is 12.7. The van der Waals surface area contributed by atoms with E-state index in [-0.39, 0.29) is 11.3 Å². The molecule has 0 radical (unpaired) electrons. The van der Waals surface area contributed by atoms with E-state index >= 15 is 0 Å². The molecule has 0 saturated heterocycles. The first-order valence-corrected chi connectivity index (χ1v) is 8.28. The lowest BCUT2D eigenvalue weighted by molar-refractivity contribution is -0.117. The summed E-state index contributed by atoms with van der Waals surface area (Å²) in [5, 5.41) is 14.2. The summed E-state index contributed by atoms with van der Waals surface area (Å²) in [6.07, 6.45) is 0. The van der Waals surface area contributed by atoms with E-state index in [2.05, 4.69) is 15.3 Å². The average Bonchev–Trinajstić information content (AvgIpc) is 2.89. The van der Waals surface area contributed by atoms with E-state index < -0.39 is 17.9 Å². The first-order valence-electron chi connectivity index (χ1n) is 7.52. The number of carbonyl (C=O) groups excluding carboxylic acids is 2. The lowest BCUT2D eigenvalue weighted by Crippen LogP contribution is -2.29. The number of anilines is 1. The summed E-state index contributed by atoms with van der Waals surface area (Å²) in [6, 6.07) is 10.3. The van der Waals surface area contributed by atoms with Crippen LogP contribution in [0.25, 0.3) is 0 Å². The molecule has 1 unspecified atom stereocenters. The van der Waals surface area contributed by atoms with E-state index in [1.807, 2.05) is 0 Å². The number of rotatable bonds is 4. The van der Waals surface area contributed by atoms with Crippen LogP contribution < -0.4 is 10.7 Å². The summed E-state index contributed by atoms with van der Waals surface area (Å²) in [5.41, 5.74) is 6.60. The highest BCUT2D eigenvalue weighted by Gasteiger charge is 2.35. The van der Waals surface area contributed by atoms with Crippen LogP contribution in [-0.4, -0.2) is 23.6 Å². The van der Waals surface area contributed by atoms with Crippen LogP contribution in [0, 0.1) is 0 Å². The number of amides is 2. The first kappa shape index (κ1) is 18.0. The molecule has 2 amide bonds. The molecule has 0 spiro atoms. The summed E-state index contributed by atoms with van der Waals surface area (Å²) >= 11 is 12.1. The quantitative estimate of drug-likeness (QED) is 0.799. The normalized spacial score (nSPS) is 17.0. The van der Waals surface area contributed by atoms with Gasteiger partial charge < -0.3 is 5.73 Å². The van der Waals surface area contributed by atoms with Crippen molar-refractivity contribution in [2.24, 2.45) is 21.1 Å². The predicted molar refractivity (Wildman–Crippen MR) is 100 cm³/mol. The number of azo groups is 1. The third kappa shape index (κ3) is 3.44. The fourth-order valence-electron chi connectivity index (χ4n) is 2.40. The Hall–Kier alpha value is -2.77. The molecule has 26 heavy (non-hydrogen) atoms. The van der Waals surface area contributed by atoms with Crippen LogP contribution in [0.1, 0.15) is 17.3 Å². The molecule has 1 atom stereocenters. The number of carbonyl (C=O) groups is 2. The SMILES string of the molecule is CC1=NN(c2cc(Cl)ccc2Cl)C(=O)C1N=Nc1ccccc1C(N)=O. The van der Waals surface area contributed by atoms with Crippen LogP contribution >= 0.6 is 23.2 Å². The van der Waals surface area contributed by atoms with E-state index in [0.717, 1.165) is 5.01 Å². The molecule has 132 valence electrons. The van der Waals surface area contributed by atoms with E-state index in [0.29, 0.717) is 21.4 Å². The Morgan fingerprint density at radius 2 is 1.96 bits per heavy atom. The topological polar surface area (TPSA) is 100 Å². The van der Waals surface area contributed by atoms with Gasteiger partial charge in [-0.2, -0.15) is 20.3 Å². The molecule has 2 aromatic carbocycles. The molecule has 1 aliphatic rings. The maximum atomic E-state index is 12.7. The van der Waals surface area contributed by atoms with Crippen LogP contribution in [-0.2, 0) is 4.79 Å². The number of primary amides is 1. The monoisotopic (exact) mass is 389 g/mol. The second-order valence-corrected chi connectivity index (χ2v) is 6.33. The molecule has 0 fully saturated rings. The van der Waals surface area contributed by atoms with E-state index in [9.17, 15) is 9.59 Å². The van der Waals surface area contributed by atoms with Crippen molar-refractivity contribution in [3.05, 3.63) is 58.1 Å². The van der Waals surface area contributed by atoms with Gasteiger partial charge in [-0.15, -0.1) is 0 Å². The minimum Gasteiger partial charge on any atom is -0.366 e. The number of halogens is 2. The van der Waals surface area contributed by atoms with Crippen molar-refractivity contribution in [1.82, 2.24) is 0 Å². The van der Waals surface area contributed by atoms with Crippen molar-refractivity contribution in [1.29, 1.82) is 0 Å². The zero-order valence-electron chi connectivity index (χ0n) is 13.6. The molecule has 1 heterocycles. The minimum absolute atomic E-state index is 0.214. The standard InChI is InChI=1S/C17H13Cl2N5O2/c1-9-15(22-21-13-5-3-2-4-11(13)16(20)25)17(26)24(23-9)14-8-10(18)6-7-12(14)19/h2-8,15H,1H3,(H2,20,25). The highest BCUT2D eigenvalue weighted by Crippen LogP contribution is 2.32. The van der Waals surface area contributed by atoms with Gasteiger partial charge in [-0.05, 0) is 37.3 Å². The molecule has 0 bridgehead atoms. The Labute approximate surface area is 159 Å². The Bertz CT molecular complexity index is 958. The van der Waals surface area contributed by atoms with Gasteiger partial charge in [0.25, 0.3) is 11.8 Å². The van der Waals surface area contributed by atoms with Gasteiger partial charge >= 0.3 is 0 Å². The van der Waals surface area contributed by atoms with Gasteiger partial charge in [-0.25, -0.2) is 0 Å². The highest BCUT2D eigenvalue weighted by molar-refractivity contribution is 6.36. The van der Waals surface area contributed by atoms with Gasteiger partial charge in [0.15, 0.2) is 6.04 Å². The van der Waals surface area contributed by atoms with Crippen molar-refractivity contribution >= 4 is 52.1 Å². The van der Waals surface area contributed by atoms with Crippen molar-refractivity contribution < 1.29 is 9.59 Å². The molecular weight excluding hydrogens is 377 g/mol. The van der Waals surface area contributed by atoms with Gasteiger partial charge in [-0.3, -0.25) is 9.59 Å². The Kier molecular flexibility index (Phi) is 5.01. The lowest BCUT2D eigenvalue weighted by atomic mass is 10.2. The van der Waals surface area contributed by atoms with Crippen LogP contribution in [0.2, 0.25) is 10.0 Å². The predicted octanol–water partition coefficient (Wildman–Crippen LogP) is 3.97. The molecule has 3 rings (SSSR count). The molecule has 2 N–H and O–H groups in total. The van der Waals surface area contributed by atoms with Gasteiger partial charge in [-0.1, -0.05) is 35.3 Å². The number of benzene rings is 2. The second kappa shape index (κ2) is 7.23. The van der Waals surface area contributed by atoms with Crippen molar-refractivity contribution in [2.75, 3.05) is 5.01 Å². The first-order chi connectivity index (χ1) is 12.4.